The molecule has 0 heterocycles. The van der Waals surface area contributed by atoms with Gasteiger partial charge in [-0.1, -0.05) is 289 Å². The van der Waals surface area contributed by atoms with Gasteiger partial charge in [-0.15, -0.1) is 0 Å². The van der Waals surface area contributed by atoms with Gasteiger partial charge >= 0.3 is 5.97 Å². The molecule has 398 valence electrons. The van der Waals surface area contributed by atoms with E-state index in [9.17, 15) is 19.8 Å². The van der Waals surface area contributed by atoms with E-state index >= 15 is 0 Å². The number of ether oxygens (including phenoxy) is 1. The molecule has 67 heavy (non-hydrogen) atoms. The molecule has 6 nitrogen and oxygen atoms in total. The van der Waals surface area contributed by atoms with Crippen LogP contribution < -0.4 is 5.32 Å². The fourth-order valence-corrected chi connectivity index (χ4v) is 9.64. The number of aliphatic hydroxyl groups excluding tert-OH is 2. The number of unbranched alkanes of at least 4 members (excludes halogenated alkanes) is 44. The Morgan fingerprint density at radius 2 is 0.701 bits per heavy atom. The number of amides is 1. The molecule has 0 saturated heterocycles. The number of hydrogen-bond donors (Lipinski definition) is 3. The molecule has 0 aromatic carbocycles. The summed E-state index contributed by atoms with van der Waals surface area (Å²) in [5.41, 5.74) is 0. The second-order valence-corrected chi connectivity index (χ2v) is 21.0. The Morgan fingerprint density at radius 1 is 0.403 bits per heavy atom. The van der Waals surface area contributed by atoms with Crippen LogP contribution in [0, 0.1) is 0 Å². The van der Waals surface area contributed by atoms with Crippen molar-refractivity contribution < 1.29 is 24.5 Å². The van der Waals surface area contributed by atoms with Gasteiger partial charge in [0.25, 0.3) is 0 Å². The molecule has 0 aliphatic carbocycles. The van der Waals surface area contributed by atoms with Crippen LogP contribution in [0.4, 0.5) is 0 Å². The molecule has 0 spiro atoms. The lowest BCUT2D eigenvalue weighted by molar-refractivity contribution is -0.143. The number of carbonyl (C=O) groups is 2. The SMILES string of the molecule is CCCCCCCCCCCCCCCCCCCCC(O)C(CO)NC(=O)CCCCCCC/C=C\CCCCCCCCCCCOC(=O)CCCCCCCCCCCCCCCC. The van der Waals surface area contributed by atoms with E-state index in [2.05, 4.69) is 31.3 Å². The molecule has 6 heteroatoms. The van der Waals surface area contributed by atoms with Crippen LogP contribution in [0.2, 0.25) is 0 Å². The van der Waals surface area contributed by atoms with Crippen molar-refractivity contribution in [2.75, 3.05) is 13.2 Å². The van der Waals surface area contributed by atoms with Crippen molar-refractivity contribution in [1.29, 1.82) is 0 Å². The van der Waals surface area contributed by atoms with E-state index in [1.165, 1.54) is 250 Å². The molecule has 0 rings (SSSR count). The lowest BCUT2D eigenvalue weighted by Crippen LogP contribution is -2.45. The Bertz CT molecular complexity index is 1000. The van der Waals surface area contributed by atoms with Gasteiger partial charge in [0.15, 0.2) is 0 Å². The molecule has 0 radical (unpaired) electrons. The third kappa shape index (κ3) is 53.8. The number of esters is 1. The maximum absolute atomic E-state index is 12.5. The van der Waals surface area contributed by atoms with Crippen LogP contribution in [0.3, 0.4) is 0 Å². The minimum absolute atomic E-state index is 0.00603. The lowest BCUT2D eigenvalue weighted by atomic mass is 10.0. The average Bonchev–Trinajstić information content (AvgIpc) is 3.33. The molecule has 0 aromatic heterocycles. The van der Waals surface area contributed by atoms with E-state index in [-0.39, 0.29) is 18.5 Å². The van der Waals surface area contributed by atoms with Gasteiger partial charge < -0.3 is 20.3 Å². The van der Waals surface area contributed by atoms with E-state index < -0.39 is 12.1 Å². The van der Waals surface area contributed by atoms with E-state index in [1.807, 2.05) is 0 Å². The molecular weight excluding hydrogens is 827 g/mol. The Hall–Kier alpha value is -1.40. The monoisotopic (exact) mass is 946 g/mol. The predicted molar refractivity (Wildman–Crippen MR) is 292 cm³/mol. The molecule has 1 amide bonds. The summed E-state index contributed by atoms with van der Waals surface area (Å²) in [5.74, 6) is -0.0401. The lowest BCUT2D eigenvalue weighted by Gasteiger charge is -2.22. The Morgan fingerprint density at radius 3 is 1.06 bits per heavy atom. The molecule has 2 atom stereocenters. The summed E-state index contributed by atoms with van der Waals surface area (Å²) >= 11 is 0. The third-order valence-electron chi connectivity index (χ3n) is 14.3. The van der Waals surface area contributed by atoms with Crippen LogP contribution in [-0.4, -0.2) is 47.4 Å². The standard InChI is InChI=1S/C61H119NO5/c1-3-5-7-9-11-13-15-17-19-20-23-26-29-33-37-41-45-49-53-59(64)58(57-63)62-60(65)54-50-46-42-38-34-30-27-24-21-22-25-28-32-36-40-44-48-52-56-67-61(66)55-51-47-43-39-35-31-18-16-14-12-10-8-6-4-2/h24,27,58-59,63-64H,3-23,25-26,28-57H2,1-2H3,(H,62,65)/b27-24-. The number of rotatable bonds is 57. The summed E-state index contributed by atoms with van der Waals surface area (Å²) in [6, 6.07) is -0.551. The van der Waals surface area contributed by atoms with Crippen LogP contribution in [0.25, 0.3) is 0 Å². The van der Waals surface area contributed by atoms with Gasteiger partial charge in [-0.25, -0.2) is 0 Å². The van der Waals surface area contributed by atoms with Crippen LogP contribution in [0.5, 0.6) is 0 Å². The summed E-state index contributed by atoms with van der Waals surface area (Å²) < 4.78 is 5.48. The Labute approximate surface area is 419 Å². The second-order valence-electron chi connectivity index (χ2n) is 21.0. The van der Waals surface area contributed by atoms with Crippen molar-refractivity contribution in [2.45, 2.75) is 353 Å². The van der Waals surface area contributed by atoms with Crippen LogP contribution in [0.1, 0.15) is 341 Å². The smallest absolute Gasteiger partial charge is 0.305 e. The fraction of sp³-hybridized carbons (Fsp3) is 0.934. The van der Waals surface area contributed by atoms with Crippen molar-refractivity contribution >= 4 is 11.9 Å². The maximum atomic E-state index is 12.5. The first-order chi connectivity index (χ1) is 33.0. The quantitative estimate of drug-likeness (QED) is 0.0321. The van der Waals surface area contributed by atoms with Gasteiger partial charge in [0.1, 0.15) is 0 Å². The van der Waals surface area contributed by atoms with E-state index in [1.54, 1.807) is 0 Å². The number of aliphatic hydroxyl groups is 2. The van der Waals surface area contributed by atoms with E-state index in [0.717, 1.165) is 57.8 Å². The number of hydrogen-bond acceptors (Lipinski definition) is 5. The van der Waals surface area contributed by atoms with Crippen molar-refractivity contribution in [1.82, 2.24) is 5.32 Å². The normalized spacial score (nSPS) is 12.6. The van der Waals surface area contributed by atoms with E-state index in [4.69, 9.17) is 4.74 Å². The first kappa shape index (κ1) is 65.6. The van der Waals surface area contributed by atoms with Crippen LogP contribution in [-0.2, 0) is 14.3 Å². The summed E-state index contributed by atoms with van der Waals surface area (Å²) in [6.07, 6.45) is 67.8. The molecule has 0 saturated carbocycles. The van der Waals surface area contributed by atoms with Gasteiger partial charge in [0, 0.05) is 12.8 Å². The van der Waals surface area contributed by atoms with Crippen molar-refractivity contribution in [3.8, 4) is 0 Å². The zero-order valence-corrected chi connectivity index (χ0v) is 45.4. The molecule has 2 unspecified atom stereocenters. The first-order valence-electron chi connectivity index (χ1n) is 30.4. The van der Waals surface area contributed by atoms with Crippen molar-refractivity contribution in [3.05, 3.63) is 12.2 Å². The van der Waals surface area contributed by atoms with Crippen molar-refractivity contribution in [3.63, 3.8) is 0 Å². The highest BCUT2D eigenvalue weighted by atomic mass is 16.5. The minimum atomic E-state index is -0.672. The van der Waals surface area contributed by atoms with Gasteiger partial charge in [0.05, 0.1) is 25.4 Å². The minimum Gasteiger partial charge on any atom is -0.466 e. The first-order valence-corrected chi connectivity index (χ1v) is 30.4. The summed E-state index contributed by atoms with van der Waals surface area (Å²) in [4.78, 5) is 24.5. The van der Waals surface area contributed by atoms with Gasteiger partial charge in [0.2, 0.25) is 5.91 Å². The predicted octanol–water partition coefficient (Wildman–Crippen LogP) is 18.9. The van der Waals surface area contributed by atoms with Gasteiger partial charge in [-0.2, -0.15) is 0 Å². The van der Waals surface area contributed by atoms with E-state index in [0.29, 0.717) is 25.9 Å². The Balaban J connectivity index is 3.44. The van der Waals surface area contributed by atoms with Crippen LogP contribution in [0.15, 0.2) is 12.2 Å². The highest BCUT2D eigenvalue weighted by Gasteiger charge is 2.20. The largest absolute Gasteiger partial charge is 0.466 e. The Kier molecular flexibility index (Phi) is 56.0. The highest BCUT2D eigenvalue weighted by molar-refractivity contribution is 5.76. The average molecular weight is 947 g/mol. The highest BCUT2D eigenvalue weighted by Crippen LogP contribution is 2.18. The molecule has 0 aliphatic rings. The maximum Gasteiger partial charge on any atom is 0.305 e. The second kappa shape index (κ2) is 57.2. The van der Waals surface area contributed by atoms with Crippen molar-refractivity contribution in [2.24, 2.45) is 0 Å². The number of nitrogens with one attached hydrogen (secondary N) is 1. The molecule has 0 aliphatic heterocycles. The molecular formula is C61H119NO5. The summed E-state index contributed by atoms with van der Waals surface area (Å²) in [6.45, 7) is 4.97. The molecule has 0 fully saturated rings. The van der Waals surface area contributed by atoms with Crippen LogP contribution >= 0.6 is 0 Å². The number of allylic oxidation sites excluding steroid dienone is 2. The third-order valence-corrected chi connectivity index (χ3v) is 14.3. The zero-order chi connectivity index (χ0) is 48.6. The topological polar surface area (TPSA) is 95.9 Å². The molecule has 0 bridgehead atoms. The fourth-order valence-electron chi connectivity index (χ4n) is 9.64. The molecule has 0 aromatic rings. The summed E-state index contributed by atoms with van der Waals surface area (Å²) in [5, 5.41) is 23.3. The van der Waals surface area contributed by atoms with Gasteiger partial charge in [-0.3, -0.25) is 9.59 Å². The van der Waals surface area contributed by atoms with Gasteiger partial charge in [-0.05, 0) is 51.4 Å². The number of carbonyl (C=O) groups excluding carboxylic acids is 2. The zero-order valence-electron chi connectivity index (χ0n) is 45.4. The molecule has 3 N–H and O–H groups in total. The summed E-state index contributed by atoms with van der Waals surface area (Å²) in [7, 11) is 0.